The van der Waals surface area contributed by atoms with Crippen LogP contribution in [0.25, 0.3) is 6.08 Å². The molecule has 0 aliphatic carbocycles. The van der Waals surface area contributed by atoms with E-state index < -0.39 is 5.97 Å². The first-order valence-corrected chi connectivity index (χ1v) is 9.17. The molecule has 27 heavy (non-hydrogen) atoms. The summed E-state index contributed by atoms with van der Waals surface area (Å²) in [6, 6.07) is 13.2. The van der Waals surface area contributed by atoms with E-state index in [0.717, 1.165) is 18.4 Å². The predicted molar refractivity (Wildman–Crippen MR) is 103 cm³/mol. The Labute approximate surface area is 158 Å². The zero-order valence-corrected chi connectivity index (χ0v) is 15.3. The smallest absolute Gasteiger partial charge is 0.363 e. The van der Waals surface area contributed by atoms with Crippen LogP contribution < -0.4 is 4.74 Å². The molecule has 0 saturated heterocycles. The number of halogens is 1. The molecule has 5 heteroatoms. The predicted octanol–water partition coefficient (Wildman–Crippen LogP) is 5.13. The molecule has 0 N–H and O–H groups in total. The highest BCUT2D eigenvalue weighted by atomic mass is 19.1. The van der Waals surface area contributed by atoms with Crippen molar-refractivity contribution in [1.82, 2.24) is 0 Å². The summed E-state index contributed by atoms with van der Waals surface area (Å²) in [6.07, 6.45) is 6.16. The monoisotopic (exact) mass is 367 g/mol. The Morgan fingerprint density at radius 1 is 1.07 bits per heavy atom. The van der Waals surface area contributed by atoms with Gasteiger partial charge in [0, 0.05) is 11.1 Å². The van der Waals surface area contributed by atoms with Crippen LogP contribution in [0.3, 0.4) is 0 Å². The molecule has 0 saturated carbocycles. The van der Waals surface area contributed by atoms with E-state index in [4.69, 9.17) is 9.47 Å². The van der Waals surface area contributed by atoms with Crippen molar-refractivity contribution in [3.63, 3.8) is 0 Å². The van der Waals surface area contributed by atoms with Gasteiger partial charge in [0.25, 0.3) is 0 Å². The molecule has 0 aromatic heterocycles. The number of para-hydroxylation sites is 1. The summed E-state index contributed by atoms with van der Waals surface area (Å²) >= 11 is 0. The van der Waals surface area contributed by atoms with Crippen molar-refractivity contribution in [1.29, 1.82) is 0 Å². The molecular formula is C22H22FNO3. The summed E-state index contributed by atoms with van der Waals surface area (Å²) in [6.45, 7) is 2.80. The number of carbonyl (C=O) groups is 1. The number of aliphatic imine (C=N–C) groups is 1. The number of hydrogen-bond acceptors (Lipinski definition) is 4. The summed E-state index contributed by atoms with van der Waals surface area (Å²) in [5.41, 5.74) is 1.51. The number of esters is 1. The molecular weight excluding hydrogens is 345 g/mol. The van der Waals surface area contributed by atoms with Crippen molar-refractivity contribution in [3.05, 3.63) is 71.2 Å². The molecule has 0 fully saturated rings. The Kier molecular flexibility index (Phi) is 6.36. The zero-order chi connectivity index (χ0) is 19.1. The summed E-state index contributed by atoms with van der Waals surface area (Å²) in [5, 5.41) is 0. The Morgan fingerprint density at radius 3 is 2.63 bits per heavy atom. The summed E-state index contributed by atoms with van der Waals surface area (Å²) in [4.78, 5) is 16.4. The van der Waals surface area contributed by atoms with Gasteiger partial charge in [0.1, 0.15) is 11.6 Å². The van der Waals surface area contributed by atoms with E-state index in [9.17, 15) is 9.18 Å². The van der Waals surface area contributed by atoms with Gasteiger partial charge in [0.15, 0.2) is 5.70 Å². The minimum absolute atomic E-state index is 0.171. The highest BCUT2D eigenvalue weighted by Crippen LogP contribution is 2.25. The summed E-state index contributed by atoms with van der Waals surface area (Å²) in [7, 11) is 0. The first-order valence-electron chi connectivity index (χ1n) is 9.17. The lowest BCUT2D eigenvalue weighted by atomic mass is 10.1. The number of hydrogen-bond donors (Lipinski definition) is 0. The maximum absolute atomic E-state index is 13.1. The second-order valence-corrected chi connectivity index (χ2v) is 6.29. The van der Waals surface area contributed by atoms with Crippen molar-refractivity contribution in [3.8, 4) is 5.75 Å². The normalized spacial score (nSPS) is 15.0. The van der Waals surface area contributed by atoms with Gasteiger partial charge in [-0.05, 0) is 42.8 Å². The van der Waals surface area contributed by atoms with Crippen molar-refractivity contribution < 1.29 is 18.7 Å². The van der Waals surface area contributed by atoms with Gasteiger partial charge in [-0.1, -0.05) is 44.4 Å². The SMILES string of the molecule is CCCCCCOc1ccccc1C=C1N=C(c2ccc(F)cc2)OC1=O. The van der Waals surface area contributed by atoms with Crippen LogP contribution in [0, 0.1) is 5.82 Å². The molecule has 3 rings (SSSR count). The minimum Gasteiger partial charge on any atom is -0.493 e. The maximum atomic E-state index is 13.1. The van der Waals surface area contributed by atoms with E-state index in [1.807, 2.05) is 24.3 Å². The molecule has 0 unspecified atom stereocenters. The molecule has 1 heterocycles. The molecule has 0 radical (unpaired) electrons. The first-order chi connectivity index (χ1) is 13.2. The molecule has 1 aliphatic heterocycles. The molecule has 0 amide bonds. The van der Waals surface area contributed by atoms with E-state index in [1.165, 1.54) is 37.1 Å². The average molecular weight is 367 g/mol. The number of rotatable bonds is 8. The van der Waals surface area contributed by atoms with Gasteiger partial charge in [-0.15, -0.1) is 0 Å². The summed E-state index contributed by atoms with van der Waals surface area (Å²) in [5.74, 6) is -0.0135. The zero-order valence-electron chi connectivity index (χ0n) is 15.3. The first kappa shape index (κ1) is 18.8. The standard InChI is InChI=1S/C22H22FNO3/c1-2-3-4-7-14-26-20-9-6-5-8-17(20)15-19-22(25)27-21(24-19)16-10-12-18(23)13-11-16/h5-6,8-13,15H,2-4,7,14H2,1H3. The van der Waals surface area contributed by atoms with Crippen molar-refractivity contribution in [2.24, 2.45) is 4.99 Å². The van der Waals surface area contributed by atoms with E-state index in [2.05, 4.69) is 11.9 Å². The Balaban J connectivity index is 1.75. The molecule has 4 nitrogen and oxygen atoms in total. The van der Waals surface area contributed by atoms with E-state index in [-0.39, 0.29) is 17.4 Å². The quantitative estimate of drug-likeness (QED) is 0.369. The molecule has 1 aliphatic rings. The third-order valence-corrected chi connectivity index (χ3v) is 4.18. The fourth-order valence-electron chi connectivity index (χ4n) is 2.71. The molecule has 0 spiro atoms. The molecule has 2 aromatic carbocycles. The van der Waals surface area contributed by atoms with Crippen LogP contribution in [0.15, 0.2) is 59.2 Å². The minimum atomic E-state index is -0.535. The number of carbonyl (C=O) groups excluding carboxylic acids is 1. The molecule has 0 bridgehead atoms. The molecule has 0 atom stereocenters. The second-order valence-electron chi connectivity index (χ2n) is 6.29. The van der Waals surface area contributed by atoms with E-state index in [0.29, 0.717) is 17.9 Å². The van der Waals surface area contributed by atoms with E-state index in [1.54, 1.807) is 6.08 Å². The van der Waals surface area contributed by atoms with Crippen molar-refractivity contribution in [2.75, 3.05) is 6.61 Å². The Bertz CT molecular complexity index is 856. The number of ether oxygens (including phenoxy) is 2. The summed E-state index contributed by atoms with van der Waals surface area (Å²) < 4.78 is 24.1. The lowest BCUT2D eigenvalue weighted by Gasteiger charge is -2.09. The van der Waals surface area contributed by atoms with Crippen LogP contribution in [0.1, 0.15) is 43.7 Å². The van der Waals surface area contributed by atoms with Gasteiger partial charge in [-0.3, -0.25) is 0 Å². The lowest BCUT2D eigenvalue weighted by Crippen LogP contribution is -2.05. The highest BCUT2D eigenvalue weighted by molar-refractivity contribution is 6.12. The second kappa shape index (κ2) is 9.12. The van der Waals surface area contributed by atoms with Gasteiger partial charge >= 0.3 is 5.97 Å². The van der Waals surface area contributed by atoms with Crippen LogP contribution in [0.4, 0.5) is 4.39 Å². The third-order valence-electron chi connectivity index (χ3n) is 4.18. The van der Waals surface area contributed by atoms with Crippen LogP contribution in [0.5, 0.6) is 5.75 Å². The van der Waals surface area contributed by atoms with Gasteiger partial charge in [0.2, 0.25) is 5.90 Å². The average Bonchev–Trinajstić information content (AvgIpc) is 3.04. The fourth-order valence-corrected chi connectivity index (χ4v) is 2.71. The topological polar surface area (TPSA) is 47.9 Å². The van der Waals surface area contributed by atoms with Crippen LogP contribution in [0.2, 0.25) is 0 Å². The number of benzene rings is 2. The highest BCUT2D eigenvalue weighted by Gasteiger charge is 2.24. The van der Waals surface area contributed by atoms with Crippen LogP contribution >= 0.6 is 0 Å². The molecule has 140 valence electrons. The van der Waals surface area contributed by atoms with Crippen LogP contribution in [-0.2, 0) is 9.53 Å². The largest absolute Gasteiger partial charge is 0.493 e. The van der Waals surface area contributed by atoms with Gasteiger partial charge in [-0.25, -0.2) is 14.2 Å². The molecule has 2 aromatic rings. The van der Waals surface area contributed by atoms with Gasteiger partial charge in [-0.2, -0.15) is 0 Å². The van der Waals surface area contributed by atoms with Gasteiger partial charge < -0.3 is 9.47 Å². The number of cyclic esters (lactones) is 1. The lowest BCUT2D eigenvalue weighted by molar-refractivity contribution is -0.129. The van der Waals surface area contributed by atoms with E-state index >= 15 is 0 Å². The number of unbranched alkanes of at least 4 members (excludes halogenated alkanes) is 3. The fraction of sp³-hybridized carbons (Fsp3) is 0.273. The van der Waals surface area contributed by atoms with Crippen LogP contribution in [-0.4, -0.2) is 18.5 Å². The van der Waals surface area contributed by atoms with Gasteiger partial charge in [0.05, 0.1) is 6.61 Å². The third kappa shape index (κ3) is 5.03. The Hall–Kier alpha value is -2.95. The van der Waals surface area contributed by atoms with Crippen molar-refractivity contribution in [2.45, 2.75) is 32.6 Å². The maximum Gasteiger partial charge on any atom is 0.363 e. The Morgan fingerprint density at radius 2 is 1.85 bits per heavy atom. The van der Waals surface area contributed by atoms with Crippen molar-refractivity contribution >= 4 is 17.9 Å². The number of nitrogens with zero attached hydrogens (tertiary/aromatic N) is 1.